The van der Waals surface area contributed by atoms with Gasteiger partial charge in [-0.1, -0.05) is 12.8 Å². The fourth-order valence-electron chi connectivity index (χ4n) is 2.41. The molecule has 3 nitrogen and oxygen atoms in total. The van der Waals surface area contributed by atoms with Crippen molar-refractivity contribution in [1.29, 1.82) is 0 Å². The van der Waals surface area contributed by atoms with Crippen molar-refractivity contribution >= 4 is 31.9 Å². The van der Waals surface area contributed by atoms with Gasteiger partial charge in [0.2, 0.25) is 0 Å². The quantitative estimate of drug-likeness (QED) is 0.857. The average molecular weight is 367 g/mol. The monoisotopic (exact) mass is 365 g/mol. The average Bonchev–Trinajstić information content (AvgIpc) is 2.66. The van der Waals surface area contributed by atoms with Crippen molar-refractivity contribution in [2.75, 3.05) is 6.61 Å². The SMILES string of the molecule is OCC1CCCCC1NCc1cc(Br)c(Br)o1. The van der Waals surface area contributed by atoms with Crippen molar-refractivity contribution in [1.82, 2.24) is 5.32 Å². The van der Waals surface area contributed by atoms with Gasteiger partial charge in [0.25, 0.3) is 0 Å². The largest absolute Gasteiger partial charge is 0.452 e. The van der Waals surface area contributed by atoms with E-state index in [9.17, 15) is 5.11 Å². The molecule has 2 unspecified atom stereocenters. The molecule has 0 amide bonds. The van der Waals surface area contributed by atoms with Gasteiger partial charge in [-0.15, -0.1) is 0 Å². The summed E-state index contributed by atoms with van der Waals surface area (Å²) in [4.78, 5) is 0. The van der Waals surface area contributed by atoms with Crippen molar-refractivity contribution in [2.45, 2.75) is 38.3 Å². The lowest BCUT2D eigenvalue weighted by atomic mass is 9.85. The second-order valence-electron chi connectivity index (χ2n) is 4.55. The topological polar surface area (TPSA) is 45.4 Å². The highest BCUT2D eigenvalue weighted by molar-refractivity contribution is 9.13. The summed E-state index contributed by atoms with van der Waals surface area (Å²) in [6.07, 6.45) is 4.76. The molecule has 0 spiro atoms. The number of furan rings is 1. The minimum Gasteiger partial charge on any atom is -0.452 e. The summed E-state index contributed by atoms with van der Waals surface area (Å²) in [6.45, 7) is 0.995. The number of hydrogen-bond acceptors (Lipinski definition) is 3. The lowest BCUT2D eigenvalue weighted by molar-refractivity contribution is 0.151. The van der Waals surface area contributed by atoms with E-state index in [1.165, 1.54) is 12.8 Å². The van der Waals surface area contributed by atoms with Crippen LogP contribution in [0.1, 0.15) is 31.4 Å². The molecule has 1 aromatic rings. The van der Waals surface area contributed by atoms with Gasteiger partial charge in [0.05, 0.1) is 11.0 Å². The Balaban J connectivity index is 1.88. The molecule has 0 aromatic carbocycles. The predicted octanol–water partition coefficient (Wildman–Crippen LogP) is 3.45. The summed E-state index contributed by atoms with van der Waals surface area (Å²) in [6, 6.07) is 2.38. The summed E-state index contributed by atoms with van der Waals surface area (Å²) in [7, 11) is 0. The van der Waals surface area contributed by atoms with Gasteiger partial charge in [-0.05, 0) is 56.7 Å². The minimum absolute atomic E-state index is 0.281. The highest BCUT2D eigenvalue weighted by Crippen LogP contribution is 2.28. The molecule has 2 N–H and O–H groups in total. The van der Waals surface area contributed by atoms with Crippen LogP contribution in [-0.4, -0.2) is 17.8 Å². The molecule has 0 saturated heterocycles. The van der Waals surface area contributed by atoms with Gasteiger partial charge in [0.1, 0.15) is 5.76 Å². The number of halogens is 2. The van der Waals surface area contributed by atoms with Crippen LogP contribution in [0.5, 0.6) is 0 Å². The predicted molar refractivity (Wildman–Crippen MR) is 73.8 cm³/mol. The van der Waals surface area contributed by atoms with Gasteiger partial charge in [-0.3, -0.25) is 0 Å². The molecule has 1 aromatic heterocycles. The van der Waals surface area contributed by atoms with Gasteiger partial charge in [0, 0.05) is 12.6 Å². The maximum Gasteiger partial charge on any atom is 0.183 e. The van der Waals surface area contributed by atoms with E-state index in [0.717, 1.165) is 27.7 Å². The van der Waals surface area contributed by atoms with Crippen LogP contribution in [0, 0.1) is 5.92 Å². The van der Waals surface area contributed by atoms with Crippen LogP contribution in [0.4, 0.5) is 0 Å². The third-order valence-corrected chi connectivity index (χ3v) is 5.09. The zero-order valence-corrected chi connectivity index (χ0v) is 12.8. The van der Waals surface area contributed by atoms with Crippen LogP contribution < -0.4 is 5.32 Å². The maximum absolute atomic E-state index is 9.33. The van der Waals surface area contributed by atoms with Gasteiger partial charge in [-0.25, -0.2) is 0 Å². The van der Waals surface area contributed by atoms with E-state index in [1.54, 1.807) is 0 Å². The van der Waals surface area contributed by atoms with Crippen molar-refractivity contribution in [3.05, 3.63) is 21.0 Å². The van der Waals surface area contributed by atoms with E-state index in [4.69, 9.17) is 4.42 Å². The maximum atomic E-state index is 9.33. The van der Waals surface area contributed by atoms with E-state index in [2.05, 4.69) is 37.2 Å². The molecule has 1 aliphatic rings. The highest BCUT2D eigenvalue weighted by Gasteiger charge is 2.24. The first-order valence-corrected chi connectivity index (χ1v) is 7.57. The highest BCUT2D eigenvalue weighted by atomic mass is 79.9. The van der Waals surface area contributed by atoms with Gasteiger partial charge in [0.15, 0.2) is 4.67 Å². The number of aliphatic hydroxyl groups excluding tert-OH is 1. The molecule has 2 atom stereocenters. The molecule has 1 heterocycles. The van der Waals surface area contributed by atoms with E-state index in [-0.39, 0.29) is 6.61 Å². The molecule has 0 aliphatic heterocycles. The zero-order chi connectivity index (χ0) is 12.3. The van der Waals surface area contributed by atoms with Crippen LogP contribution >= 0.6 is 31.9 Å². The zero-order valence-electron chi connectivity index (χ0n) is 9.59. The van der Waals surface area contributed by atoms with Crippen LogP contribution in [-0.2, 0) is 6.54 Å². The molecule has 0 radical (unpaired) electrons. The summed E-state index contributed by atoms with van der Waals surface area (Å²) < 4.78 is 7.19. The van der Waals surface area contributed by atoms with E-state index < -0.39 is 0 Å². The Morgan fingerprint density at radius 3 is 2.76 bits per heavy atom. The molecule has 2 rings (SSSR count). The number of rotatable bonds is 4. The van der Waals surface area contributed by atoms with Crippen LogP contribution in [0.25, 0.3) is 0 Å². The first kappa shape index (κ1) is 13.6. The Kier molecular flexibility index (Phi) is 5.09. The van der Waals surface area contributed by atoms with Gasteiger partial charge < -0.3 is 14.8 Å². The van der Waals surface area contributed by atoms with Gasteiger partial charge in [-0.2, -0.15) is 0 Å². The van der Waals surface area contributed by atoms with Crippen LogP contribution in [0.2, 0.25) is 0 Å². The number of hydrogen-bond donors (Lipinski definition) is 2. The molecule has 0 bridgehead atoms. The number of nitrogens with one attached hydrogen (secondary N) is 1. The van der Waals surface area contributed by atoms with Crippen LogP contribution in [0.15, 0.2) is 19.6 Å². The lowest BCUT2D eigenvalue weighted by Gasteiger charge is -2.30. The lowest BCUT2D eigenvalue weighted by Crippen LogP contribution is -2.39. The van der Waals surface area contributed by atoms with Crippen molar-refractivity contribution < 1.29 is 9.52 Å². The first-order chi connectivity index (χ1) is 8.20. The van der Waals surface area contributed by atoms with Crippen LogP contribution in [0.3, 0.4) is 0 Å². The molecule has 96 valence electrons. The summed E-state index contributed by atoms with van der Waals surface area (Å²) in [5, 5.41) is 12.8. The fourth-order valence-corrected chi connectivity index (χ4v) is 3.06. The molecule has 1 aliphatic carbocycles. The summed E-state index contributed by atoms with van der Waals surface area (Å²) in [5.41, 5.74) is 0. The van der Waals surface area contributed by atoms with E-state index in [1.807, 2.05) is 6.07 Å². The Morgan fingerprint density at radius 2 is 2.12 bits per heavy atom. The fraction of sp³-hybridized carbons (Fsp3) is 0.667. The third kappa shape index (κ3) is 3.56. The van der Waals surface area contributed by atoms with Crippen molar-refractivity contribution in [2.24, 2.45) is 5.92 Å². The Morgan fingerprint density at radius 1 is 1.35 bits per heavy atom. The van der Waals surface area contributed by atoms with E-state index >= 15 is 0 Å². The summed E-state index contributed by atoms with van der Waals surface area (Å²) >= 11 is 6.73. The molecule has 1 saturated carbocycles. The molecular weight excluding hydrogens is 350 g/mol. The molecule has 5 heteroatoms. The van der Waals surface area contributed by atoms with Crippen molar-refractivity contribution in [3.63, 3.8) is 0 Å². The molecule has 17 heavy (non-hydrogen) atoms. The molecular formula is C12H17Br2NO2. The molecule has 1 fully saturated rings. The smallest absolute Gasteiger partial charge is 0.183 e. The second kappa shape index (κ2) is 6.36. The Labute approximate surface area is 118 Å². The van der Waals surface area contributed by atoms with Gasteiger partial charge >= 0.3 is 0 Å². The first-order valence-electron chi connectivity index (χ1n) is 5.98. The third-order valence-electron chi connectivity index (χ3n) is 3.38. The normalized spacial score (nSPS) is 25.1. The Hall–Kier alpha value is 0.160. The second-order valence-corrected chi connectivity index (χ2v) is 6.12. The Bertz CT molecular complexity index is 348. The van der Waals surface area contributed by atoms with E-state index in [0.29, 0.717) is 18.5 Å². The summed E-state index contributed by atoms with van der Waals surface area (Å²) in [5.74, 6) is 1.30. The number of aliphatic hydroxyl groups is 1. The minimum atomic E-state index is 0.281. The van der Waals surface area contributed by atoms with Crippen molar-refractivity contribution in [3.8, 4) is 0 Å². The standard InChI is InChI=1S/C12H17Br2NO2/c13-10-5-9(17-12(10)14)6-15-11-4-2-1-3-8(11)7-16/h5,8,11,15-16H,1-4,6-7H2.